The van der Waals surface area contributed by atoms with Gasteiger partial charge < -0.3 is 10.5 Å². The summed E-state index contributed by atoms with van der Waals surface area (Å²) < 4.78 is 5.38. The van der Waals surface area contributed by atoms with Crippen LogP contribution in [-0.4, -0.2) is 31.1 Å². The summed E-state index contributed by atoms with van der Waals surface area (Å²) in [6.07, 6.45) is 8.30. The lowest BCUT2D eigenvalue weighted by Gasteiger charge is -2.47. The number of fused-ring (bicyclic) bond motifs is 1. The van der Waals surface area contributed by atoms with Crippen molar-refractivity contribution >= 4 is 0 Å². The van der Waals surface area contributed by atoms with Gasteiger partial charge in [0.25, 0.3) is 0 Å². The minimum Gasteiger partial charge on any atom is -0.497 e. The van der Waals surface area contributed by atoms with Gasteiger partial charge >= 0.3 is 0 Å². The van der Waals surface area contributed by atoms with Crippen molar-refractivity contribution in [2.24, 2.45) is 11.7 Å². The Kier molecular flexibility index (Phi) is 4.81. The first kappa shape index (κ1) is 14.9. The molecule has 3 nitrogen and oxygen atoms in total. The van der Waals surface area contributed by atoms with E-state index in [9.17, 15) is 0 Å². The summed E-state index contributed by atoms with van der Waals surface area (Å²) in [5.41, 5.74) is 7.47. The summed E-state index contributed by atoms with van der Waals surface area (Å²) in [7, 11) is 1.73. The van der Waals surface area contributed by atoms with Crippen molar-refractivity contribution in [1.29, 1.82) is 0 Å². The third-order valence-corrected chi connectivity index (χ3v) is 5.39. The Morgan fingerprint density at radius 1 is 1.24 bits per heavy atom. The van der Waals surface area contributed by atoms with Crippen molar-refractivity contribution in [1.82, 2.24) is 4.90 Å². The van der Waals surface area contributed by atoms with E-state index in [0.29, 0.717) is 12.6 Å². The van der Waals surface area contributed by atoms with E-state index >= 15 is 0 Å². The largest absolute Gasteiger partial charge is 0.497 e. The van der Waals surface area contributed by atoms with E-state index in [0.717, 1.165) is 17.7 Å². The second kappa shape index (κ2) is 6.80. The number of rotatable bonds is 4. The summed E-state index contributed by atoms with van der Waals surface area (Å²) in [5, 5.41) is 0. The summed E-state index contributed by atoms with van der Waals surface area (Å²) in [5.74, 6) is 1.83. The molecule has 3 atom stereocenters. The number of benzene rings is 1. The molecule has 0 spiro atoms. The van der Waals surface area contributed by atoms with Gasteiger partial charge in [0, 0.05) is 18.6 Å². The summed E-state index contributed by atoms with van der Waals surface area (Å²) in [4.78, 5) is 2.70. The molecule has 2 aliphatic rings. The van der Waals surface area contributed by atoms with E-state index in [4.69, 9.17) is 10.5 Å². The smallest absolute Gasteiger partial charge is 0.119 e. The average molecular weight is 288 g/mol. The zero-order valence-corrected chi connectivity index (χ0v) is 13.1. The van der Waals surface area contributed by atoms with Crippen LogP contribution in [0.25, 0.3) is 0 Å². The number of hydrogen-bond donors (Lipinski definition) is 1. The molecule has 3 rings (SSSR count). The predicted octanol–water partition coefficient (Wildman–Crippen LogP) is 3.35. The molecule has 1 heterocycles. The minimum atomic E-state index is 0.339. The Balaban J connectivity index is 1.83. The highest BCUT2D eigenvalue weighted by Crippen LogP contribution is 2.39. The number of methoxy groups -OCH3 is 1. The van der Waals surface area contributed by atoms with Crippen molar-refractivity contribution in [3.63, 3.8) is 0 Å². The lowest BCUT2D eigenvalue weighted by Crippen LogP contribution is -2.49. The summed E-state index contributed by atoms with van der Waals surface area (Å²) in [6.45, 7) is 1.89. The Morgan fingerprint density at radius 2 is 2.05 bits per heavy atom. The lowest BCUT2D eigenvalue weighted by molar-refractivity contribution is 0.0275. The molecule has 1 aliphatic heterocycles. The lowest BCUT2D eigenvalue weighted by atomic mass is 9.77. The van der Waals surface area contributed by atoms with Crippen LogP contribution in [0.5, 0.6) is 5.75 Å². The van der Waals surface area contributed by atoms with Gasteiger partial charge in [-0.1, -0.05) is 25.0 Å². The molecular formula is C18H28N2O. The highest BCUT2D eigenvalue weighted by atomic mass is 16.5. The van der Waals surface area contributed by atoms with Crippen molar-refractivity contribution in [2.45, 2.75) is 50.6 Å². The standard InChI is InChI=1S/C18H28N2O/c1-21-16-9-4-7-15(12-16)18(13-19)20-11-5-8-14-6-2-3-10-17(14)20/h4,7,9,12,14,17-18H,2-3,5-6,8,10-11,13,19H2,1H3. The van der Waals surface area contributed by atoms with Gasteiger partial charge in [0.2, 0.25) is 0 Å². The molecule has 1 aliphatic carbocycles. The van der Waals surface area contributed by atoms with Crippen LogP contribution in [0.2, 0.25) is 0 Å². The van der Waals surface area contributed by atoms with Crippen LogP contribution >= 0.6 is 0 Å². The SMILES string of the molecule is COc1cccc(C(CN)N2CCCC3CCCCC32)c1. The first-order chi connectivity index (χ1) is 10.3. The van der Waals surface area contributed by atoms with Gasteiger partial charge in [-0.3, -0.25) is 4.90 Å². The minimum absolute atomic E-state index is 0.339. The van der Waals surface area contributed by atoms with Gasteiger partial charge in [-0.05, 0) is 55.8 Å². The zero-order chi connectivity index (χ0) is 14.7. The number of piperidine rings is 1. The van der Waals surface area contributed by atoms with E-state index in [1.807, 2.05) is 6.07 Å². The van der Waals surface area contributed by atoms with Gasteiger partial charge in [0.15, 0.2) is 0 Å². The van der Waals surface area contributed by atoms with Gasteiger partial charge in [0.05, 0.1) is 7.11 Å². The highest BCUT2D eigenvalue weighted by Gasteiger charge is 2.36. The zero-order valence-electron chi connectivity index (χ0n) is 13.1. The van der Waals surface area contributed by atoms with Crippen molar-refractivity contribution < 1.29 is 4.74 Å². The molecule has 3 unspecified atom stereocenters. The first-order valence-corrected chi connectivity index (χ1v) is 8.43. The van der Waals surface area contributed by atoms with Crippen LogP contribution in [-0.2, 0) is 0 Å². The van der Waals surface area contributed by atoms with Crippen LogP contribution in [0, 0.1) is 5.92 Å². The molecule has 21 heavy (non-hydrogen) atoms. The number of ether oxygens (including phenoxy) is 1. The van der Waals surface area contributed by atoms with E-state index in [1.165, 1.54) is 50.6 Å². The van der Waals surface area contributed by atoms with Crippen molar-refractivity contribution in [3.05, 3.63) is 29.8 Å². The fourth-order valence-electron chi connectivity index (χ4n) is 4.36. The molecule has 1 saturated heterocycles. The Bertz CT molecular complexity index is 460. The van der Waals surface area contributed by atoms with E-state index in [-0.39, 0.29) is 0 Å². The number of hydrogen-bond acceptors (Lipinski definition) is 3. The van der Waals surface area contributed by atoms with Gasteiger partial charge in [0.1, 0.15) is 5.75 Å². The topological polar surface area (TPSA) is 38.5 Å². The fourth-order valence-corrected chi connectivity index (χ4v) is 4.36. The van der Waals surface area contributed by atoms with Crippen molar-refractivity contribution in [2.75, 3.05) is 20.2 Å². The normalized spacial score (nSPS) is 27.9. The second-order valence-electron chi connectivity index (χ2n) is 6.52. The van der Waals surface area contributed by atoms with Crippen LogP contribution < -0.4 is 10.5 Å². The third kappa shape index (κ3) is 3.09. The molecule has 1 saturated carbocycles. The van der Waals surface area contributed by atoms with Crippen LogP contribution in [0.15, 0.2) is 24.3 Å². The molecule has 2 N–H and O–H groups in total. The molecule has 0 radical (unpaired) electrons. The van der Waals surface area contributed by atoms with E-state index in [1.54, 1.807) is 7.11 Å². The monoisotopic (exact) mass is 288 g/mol. The van der Waals surface area contributed by atoms with Crippen LogP contribution in [0.1, 0.15) is 50.1 Å². The molecule has 1 aromatic rings. The molecular weight excluding hydrogens is 260 g/mol. The maximum atomic E-state index is 6.17. The van der Waals surface area contributed by atoms with Crippen LogP contribution in [0.4, 0.5) is 0 Å². The summed E-state index contributed by atoms with van der Waals surface area (Å²) in [6, 6.07) is 9.53. The molecule has 0 aromatic heterocycles. The first-order valence-electron chi connectivity index (χ1n) is 8.43. The quantitative estimate of drug-likeness (QED) is 0.923. The Hall–Kier alpha value is -1.06. The van der Waals surface area contributed by atoms with Gasteiger partial charge in [-0.2, -0.15) is 0 Å². The van der Waals surface area contributed by atoms with Gasteiger partial charge in [-0.15, -0.1) is 0 Å². The highest BCUT2D eigenvalue weighted by molar-refractivity contribution is 5.31. The number of likely N-dealkylation sites (tertiary alicyclic amines) is 1. The Labute approximate surface area is 128 Å². The number of nitrogens with two attached hydrogens (primary N) is 1. The average Bonchev–Trinajstić information content (AvgIpc) is 2.56. The maximum Gasteiger partial charge on any atom is 0.119 e. The molecule has 3 heteroatoms. The second-order valence-corrected chi connectivity index (χ2v) is 6.52. The van der Waals surface area contributed by atoms with E-state index < -0.39 is 0 Å². The Morgan fingerprint density at radius 3 is 2.86 bits per heavy atom. The molecule has 2 fully saturated rings. The fraction of sp³-hybridized carbons (Fsp3) is 0.667. The predicted molar refractivity (Wildman–Crippen MR) is 86.5 cm³/mol. The maximum absolute atomic E-state index is 6.17. The van der Waals surface area contributed by atoms with Crippen LogP contribution in [0.3, 0.4) is 0 Å². The molecule has 116 valence electrons. The third-order valence-electron chi connectivity index (χ3n) is 5.39. The molecule has 1 aromatic carbocycles. The number of nitrogens with zero attached hydrogens (tertiary/aromatic N) is 1. The summed E-state index contributed by atoms with van der Waals surface area (Å²) >= 11 is 0. The molecule has 0 amide bonds. The van der Waals surface area contributed by atoms with E-state index in [2.05, 4.69) is 23.1 Å². The van der Waals surface area contributed by atoms with Crippen molar-refractivity contribution in [3.8, 4) is 5.75 Å². The molecule has 0 bridgehead atoms. The van der Waals surface area contributed by atoms with Gasteiger partial charge in [-0.25, -0.2) is 0 Å².